The number of benzene rings is 1. The zero-order valence-electron chi connectivity index (χ0n) is 20.3. The quantitative estimate of drug-likeness (QED) is 0.397. The fourth-order valence-corrected chi connectivity index (χ4v) is 5.36. The van der Waals surface area contributed by atoms with E-state index in [4.69, 9.17) is 4.42 Å². The highest BCUT2D eigenvalue weighted by Crippen LogP contribution is 2.44. The Labute approximate surface area is 201 Å². The molecule has 1 amide bonds. The first kappa shape index (κ1) is 24.4. The fourth-order valence-electron chi connectivity index (χ4n) is 4.21. The second-order valence-electron chi connectivity index (χ2n) is 9.20. The molecular weight excluding hydrogens is 450 g/mol. The third-order valence-corrected chi connectivity index (χ3v) is 7.76. The first-order valence-electron chi connectivity index (χ1n) is 12.0. The first-order chi connectivity index (χ1) is 16.2. The van der Waals surface area contributed by atoms with Gasteiger partial charge in [-0.1, -0.05) is 31.9 Å². The second-order valence-corrected chi connectivity index (χ2v) is 11.0. The molecule has 1 fully saturated rings. The van der Waals surface area contributed by atoms with Gasteiger partial charge in [0, 0.05) is 19.2 Å². The van der Waals surface area contributed by atoms with E-state index >= 15 is 0 Å². The Kier molecular flexibility index (Phi) is 7.09. The van der Waals surface area contributed by atoms with Crippen molar-refractivity contribution >= 4 is 27.0 Å². The predicted molar refractivity (Wildman–Crippen MR) is 134 cm³/mol. The summed E-state index contributed by atoms with van der Waals surface area (Å²) in [6.07, 6.45) is 4.80. The molecule has 0 bridgehead atoms. The molecule has 0 spiro atoms. The minimum absolute atomic E-state index is 0.199. The van der Waals surface area contributed by atoms with Crippen molar-refractivity contribution in [2.24, 2.45) is 0 Å². The van der Waals surface area contributed by atoms with Crippen LogP contribution < -0.4 is 10.0 Å². The maximum atomic E-state index is 12.9. The summed E-state index contributed by atoms with van der Waals surface area (Å²) in [5.41, 5.74) is 5.14. The topological polar surface area (TPSA) is 101 Å². The number of sulfonamides is 1. The van der Waals surface area contributed by atoms with Gasteiger partial charge < -0.3 is 9.73 Å². The molecule has 3 aromatic rings. The lowest BCUT2D eigenvalue weighted by atomic mass is 10.00. The van der Waals surface area contributed by atoms with Gasteiger partial charge in [0.15, 0.2) is 0 Å². The number of nitrogens with one attached hydrogen (secondary N) is 2. The van der Waals surface area contributed by atoms with Crippen molar-refractivity contribution in [2.45, 2.75) is 64.5 Å². The van der Waals surface area contributed by atoms with Gasteiger partial charge in [-0.2, -0.15) is 0 Å². The molecule has 2 heterocycles. The Morgan fingerprint density at radius 3 is 2.56 bits per heavy atom. The number of aromatic nitrogens is 1. The van der Waals surface area contributed by atoms with Gasteiger partial charge in [0.25, 0.3) is 5.91 Å². The maximum absolute atomic E-state index is 12.9. The molecular formula is C26H33N3O4S. The monoisotopic (exact) mass is 483 g/mol. The molecule has 0 aliphatic heterocycles. The van der Waals surface area contributed by atoms with Crippen LogP contribution >= 0.6 is 0 Å². The van der Waals surface area contributed by atoms with Gasteiger partial charge in [-0.05, 0) is 67.9 Å². The van der Waals surface area contributed by atoms with E-state index in [1.165, 1.54) is 0 Å². The van der Waals surface area contributed by atoms with Gasteiger partial charge >= 0.3 is 0 Å². The van der Waals surface area contributed by atoms with Crippen LogP contribution in [0.15, 0.2) is 28.7 Å². The molecule has 1 aromatic carbocycles. The van der Waals surface area contributed by atoms with Crippen LogP contribution in [0.3, 0.4) is 0 Å². The number of nitrogens with zero attached hydrogens (tertiary/aromatic N) is 1. The Morgan fingerprint density at radius 2 is 1.91 bits per heavy atom. The normalized spacial score (nSPS) is 14.0. The number of unbranched alkanes of at least 4 members (excludes halogenated alkanes) is 2. The molecule has 2 N–H and O–H groups in total. The van der Waals surface area contributed by atoms with Crippen molar-refractivity contribution in [3.05, 3.63) is 52.2 Å². The lowest BCUT2D eigenvalue weighted by Gasteiger charge is -2.10. The summed E-state index contributed by atoms with van der Waals surface area (Å²) in [5, 5.41) is 3.33. The molecule has 0 saturated heterocycles. The summed E-state index contributed by atoms with van der Waals surface area (Å²) in [5.74, 6) is 0.258. The molecule has 0 atom stereocenters. The maximum Gasteiger partial charge on any atom is 0.255 e. The number of hydrogen-bond acceptors (Lipinski definition) is 5. The van der Waals surface area contributed by atoms with Gasteiger partial charge in [-0.25, -0.2) is 18.1 Å². The third-order valence-electron chi connectivity index (χ3n) is 6.46. The van der Waals surface area contributed by atoms with Gasteiger partial charge in [0.1, 0.15) is 11.5 Å². The molecule has 4 rings (SSSR count). The van der Waals surface area contributed by atoms with Crippen LogP contribution in [-0.2, 0) is 15.8 Å². The minimum atomic E-state index is -3.53. The number of rotatable bonds is 10. The van der Waals surface area contributed by atoms with Gasteiger partial charge in [-0.15, -0.1) is 0 Å². The van der Waals surface area contributed by atoms with Crippen molar-refractivity contribution < 1.29 is 17.6 Å². The Bertz CT molecular complexity index is 1320. The molecule has 1 aliphatic carbocycles. The van der Waals surface area contributed by atoms with Gasteiger partial charge in [-0.3, -0.25) is 4.79 Å². The third kappa shape index (κ3) is 5.18. The molecule has 7 nitrogen and oxygen atoms in total. The summed E-state index contributed by atoms with van der Waals surface area (Å²) in [7, 11) is -1.94. The number of furan rings is 1. The molecule has 8 heteroatoms. The number of hydrogen-bond donors (Lipinski definition) is 2. The second kappa shape index (κ2) is 9.88. The van der Waals surface area contributed by atoms with Crippen LogP contribution in [0.1, 0.15) is 77.7 Å². The van der Waals surface area contributed by atoms with Crippen LogP contribution in [0.25, 0.3) is 22.4 Å². The molecule has 34 heavy (non-hydrogen) atoms. The van der Waals surface area contributed by atoms with E-state index in [1.807, 2.05) is 38.1 Å². The minimum Gasteiger partial charge on any atom is -0.437 e. The largest absolute Gasteiger partial charge is 0.437 e. The summed E-state index contributed by atoms with van der Waals surface area (Å²) in [6, 6.07) is 7.84. The van der Waals surface area contributed by atoms with Crippen molar-refractivity contribution in [3.63, 3.8) is 0 Å². The highest BCUT2D eigenvalue weighted by atomic mass is 32.2. The van der Waals surface area contributed by atoms with Crippen molar-refractivity contribution in [1.29, 1.82) is 0 Å². The highest BCUT2D eigenvalue weighted by Gasteiger charge is 2.31. The smallest absolute Gasteiger partial charge is 0.255 e. The zero-order chi connectivity index (χ0) is 24.5. The fraction of sp³-hybridized carbons (Fsp3) is 0.462. The molecule has 1 saturated carbocycles. The summed E-state index contributed by atoms with van der Waals surface area (Å²) in [4.78, 5) is 17.6. The van der Waals surface area contributed by atoms with E-state index in [9.17, 15) is 13.2 Å². The Balaban J connectivity index is 1.79. The van der Waals surface area contributed by atoms with E-state index in [2.05, 4.69) is 21.9 Å². The van der Waals surface area contributed by atoms with Crippen molar-refractivity contribution in [1.82, 2.24) is 15.0 Å². The van der Waals surface area contributed by atoms with Crippen molar-refractivity contribution in [3.8, 4) is 11.3 Å². The number of fused-ring (bicyclic) bond motifs is 1. The Morgan fingerprint density at radius 1 is 1.15 bits per heavy atom. The average molecular weight is 484 g/mol. The van der Waals surface area contributed by atoms with Crippen LogP contribution in [0, 0.1) is 13.8 Å². The van der Waals surface area contributed by atoms with Crippen LogP contribution in [0.2, 0.25) is 0 Å². The van der Waals surface area contributed by atoms with Crippen LogP contribution in [-0.4, -0.2) is 32.9 Å². The van der Waals surface area contributed by atoms with Crippen LogP contribution in [0.4, 0.5) is 0 Å². The summed E-state index contributed by atoms with van der Waals surface area (Å²) < 4.78 is 34.4. The number of pyridine rings is 1. The molecule has 182 valence electrons. The lowest BCUT2D eigenvalue weighted by molar-refractivity contribution is 0.0964. The molecule has 1 aliphatic rings. The van der Waals surface area contributed by atoms with Gasteiger partial charge in [0.2, 0.25) is 15.7 Å². The lowest BCUT2D eigenvalue weighted by Crippen LogP contribution is -2.27. The zero-order valence-corrected chi connectivity index (χ0v) is 21.1. The van der Waals surface area contributed by atoms with Crippen molar-refractivity contribution in [2.75, 3.05) is 13.6 Å². The number of amides is 1. The first-order valence-corrected chi connectivity index (χ1v) is 13.6. The Hall–Kier alpha value is -2.71. The van der Waals surface area contributed by atoms with Crippen LogP contribution in [0.5, 0.6) is 0 Å². The van der Waals surface area contributed by atoms with E-state index in [1.54, 1.807) is 7.05 Å². The van der Waals surface area contributed by atoms with E-state index in [-0.39, 0.29) is 23.3 Å². The number of carbonyl (C=O) groups is 1. The molecule has 2 aromatic heterocycles. The number of carbonyl (C=O) groups excluding carboxylic acids is 1. The average Bonchev–Trinajstić information content (AvgIpc) is 3.58. The summed E-state index contributed by atoms with van der Waals surface area (Å²) in [6.45, 7) is 6.55. The molecule has 0 unspecified atom stereocenters. The highest BCUT2D eigenvalue weighted by molar-refractivity contribution is 7.88. The predicted octanol–water partition coefficient (Wildman–Crippen LogP) is 4.96. The van der Waals surface area contributed by atoms with Gasteiger partial charge in [0.05, 0.1) is 16.6 Å². The summed E-state index contributed by atoms with van der Waals surface area (Å²) >= 11 is 0. The SMILES string of the molecule is CCCCCNS(=O)(=O)Cc1nc2oc(-c3ccc(C)c(C)c3)c(C(=O)NC)c2cc1C1CC1. The number of aryl methyl sites for hydroxylation is 2. The van der Waals surface area contributed by atoms with E-state index < -0.39 is 10.0 Å². The standard InChI is InChI=1S/C26H33N3O4S/c1-5-6-7-12-28-34(31,32)15-22-20(18-10-11-18)14-21-23(25(30)27-4)24(33-26(21)29-22)19-9-8-16(2)17(3)13-19/h8-9,13-14,18,28H,5-7,10-12,15H2,1-4H3,(H,27,30). The molecule has 0 radical (unpaired) electrons. The van der Waals surface area contributed by atoms with E-state index in [0.29, 0.717) is 28.9 Å². The van der Waals surface area contributed by atoms with E-state index in [0.717, 1.165) is 54.4 Å².